The summed E-state index contributed by atoms with van der Waals surface area (Å²) in [7, 11) is 0. The van der Waals surface area contributed by atoms with Crippen LogP contribution in [0.5, 0.6) is 0 Å². The molecule has 0 saturated carbocycles. The fraction of sp³-hybridized carbons (Fsp3) is 0.424. The molecular formula is C33H38BrN3O5. The van der Waals surface area contributed by atoms with Crippen LogP contribution in [0.2, 0.25) is 0 Å². The van der Waals surface area contributed by atoms with E-state index in [-0.39, 0.29) is 42.2 Å². The van der Waals surface area contributed by atoms with Crippen molar-refractivity contribution in [1.29, 1.82) is 0 Å². The van der Waals surface area contributed by atoms with Crippen molar-refractivity contribution >= 4 is 39.3 Å². The summed E-state index contributed by atoms with van der Waals surface area (Å²) in [5.41, 5.74) is 0.520. The Bertz CT molecular complexity index is 1310. The maximum atomic E-state index is 14.5. The standard InChI is InChI=1S/C33H38BrN3O5/c1-3-17-35(22-23-13-7-5-8-14-23)32(41)29-33-21-25(34)28(42-33)26(27(33)31(40)37(29)19-11-12-20-38)30(39)36(18-4-2)24-15-9-6-10-16-24/h3-10,13-16,25-29,38H,1-2,11-12,17-22H2/t25?,26-,27+,28-,29?,33?/m1/s1. The Labute approximate surface area is 255 Å². The summed E-state index contributed by atoms with van der Waals surface area (Å²) in [4.78, 5) is 48.0. The van der Waals surface area contributed by atoms with Crippen LogP contribution >= 0.6 is 15.9 Å². The lowest BCUT2D eigenvalue weighted by atomic mass is 9.70. The van der Waals surface area contributed by atoms with E-state index in [0.29, 0.717) is 38.0 Å². The normalized spacial score (nSPS) is 27.5. The predicted molar refractivity (Wildman–Crippen MR) is 165 cm³/mol. The molecule has 3 heterocycles. The number of nitrogens with zero attached hydrogens (tertiary/aromatic N) is 3. The van der Waals surface area contributed by atoms with Crippen LogP contribution in [0.4, 0.5) is 5.69 Å². The van der Waals surface area contributed by atoms with Crippen molar-refractivity contribution in [3.8, 4) is 0 Å². The van der Waals surface area contributed by atoms with Crippen LogP contribution in [0.3, 0.4) is 0 Å². The van der Waals surface area contributed by atoms with Crippen LogP contribution in [0.1, 0.15) is 24.8 Å². The van der Waals surface area contributed by atoms with E-state index in [4.69, 9.17) is 4.74 Å². The number of hydrogen-bond acceptors (Lipinski definition) is 5. The summed E-state index contributed by atoms with van der Waals surface area (Å²) in [6, 6.07) is 18.1. The number of unbranched alkanes of at least 4 members (excludes halogenated alkanes) is 1. The molecular weight excluding hydrogens is 598 g/mol. The highest BCUT2D eigenvalue weighted by atomic mass is 79.9. The zero-order valence-corrected chi connectivity index (χ0v) is 25.3. The highest BCUT2D eigenvalue weighted by molar-refractivity contribution is 9.09. The molecule has 1 N–H and O–H groups in total. The van der Waals surface area contributed by atoms with Gasteiger partial charge in [-0.15, -0.1) is 13.2 Å². The number of hydrogen-bond donors (Lipinski definition) is 1. The first-order chi connectivity index (χ1) is 20.4. The molecule has 222 valence electrons. The summed E-state index contributed by atoms with van der Waals surface area (Å²) >= 11 is 3.76. The van der Waals surface area contributed by atoms with E-state index in [0.717, 1.165) is 5.56 Å². The Morgan fingerprint density at radius 3 is 2.33 bits per heavy atom. The van der Waals surface area contributed by atoms with Crippen LogP contribution in [0.15, 0.2) is 86.0 Å². The van der Waals surface area contributed by atoms with E-state index >= 15 is 0 Å². The Morgan fingerprint density at radius 1 is 1.02 bits per heavy atom. The van der Waals surface area contributed by atoms with Crippen molar-refractivity contribution in [3.05, 3.63) is 91.5 Å². The Balaban J connectivity index is 1.54. The molecule has 3 aliphatic heterocycles. The van der Waals surface area contributed by atoms with Crippen molar-refractivity contribution < 1.29 is 24.2 Å². The summed E-state index contributed by atoms with van der Waals surface area (Å²) in [6.45, 7) is 8.93. The number of halogens is 1. The van der Waals surface area contributed by atoms with Gasteiger partial charge in [0.2, 0.25) is 17.7 Å². The van der Waals surface area contributed by atoms with Crippen molar-refractivity contribution in [2.75, 3.05) is 31.1 Å². The van der Waals surface area contributed by atoms with E-state index in [1.165, 1.54) is 0 Å². The molecule has 42 heavy (non-hydrogen) atoms. The second-order valence-corrected chi connectivity index (χ2v) is 12.4. The summed E-state index contributed by atoms with van der Waals surface area (Å²) < 4.78 is 6.71. The van der Waals surface area contributed by atoms with Crippen LogP contribution in [0.25, 0.3) is 0 Å². The molecule has 3 amide bonds. The molecule has 6 atom stereocenters. The van der Waals surface area contributed by atoms with Gasteiger partial charge in [-0.05, 0) is 37.0 Å². The van der Waals surface area contributed by atoms with Gasteiger partial charge in [-0.2, -0.15) is 0 Å². The third-order valence-corrected chi connectivity index (χ3v) is 9.48. The maximum Gasteiger partial charge on any atom is 0.248 e. The lowest BCUT2D eigenvalue weighted by molar-refractivity contribution is -0.148. The highest BCUT2D eigenvalue weighted by Crippen LogP contribution is 2.60. The van der Waals surface area contributed by atoms with Crippen molar-refractivity contribution in [2.24, 2.45) is 11.8 Å². The van der Waals surface area contributed by atoms with Gasteiger partial charge in [-0.1, -0.05) is 76.6 Å². The Hall–Kier alpha value is -3.27. The average molecular weight is 637 g/mol. The lowest BCUT2D eigenvalue weighted by Crippen LogP contribution is -2.57. The van der Waals surface area contributed by atoms with Gasteiger partial charge in [0.15, 0.2) is 0 Å². The van der Waals surface area contributed by atoms with Gasteiger partial charge in [-0.25, -0.2) is 0 Å². The van der Waals surface area contributed by atoms with E-state index in [1.807, 2.05) is 60.7 Å². The van der Waals surface area contributed by atoms with Gasteiger partial charge in [-0.3, -0.25) is 14.4 Å². The number of alkyl halides is 1. The second kappa shape index (κ2) is 12.9. The number of amides is 3. The van der Waals surface area contributed by atoms with E-state index in [2.05, 4.69) is 29.1 Å². The van der Waals surface area contributed by atoms with E-state index < -0.39 is 29.6 Å². The minimum atomic E-state index is -1.15. The first-order valence-electron chi connectivity index (χ1n) is 14.5. The highest BCUT2D eigenvalue weighted by Gasteiger charge is 2.76. The first kappa shape index (κ1) is 30.2. The zero-order chi connectivity index (χ0) is 29.9. The molecule has 2 aromatic rings. The van der Waals surface area contributed by atoms with Crippen molar-refractivity contribution in [3.63, 3.8) is 0 Å². The molecule has 0 aromatic heterocycles. The van der Waals surface area contributed by atoms with Crippen molar-refractivity contribution in [2.45, 2.75) is 48.4 Å². The first-order valence-corrected chi connectivity index (χ1v) is 15.4. The Kier molecular flexibility index (Phi) is 9.30. The van der Waals surface area contributed by atoms with Gasteiger partial charge < -0.3 is 24.5 Å². The number of aliphatic hydroxyl groups excluding tert-OH is 1. The molecule has 5 rings (SSSR count). The summed E-state index contributed by atoms with van der Waals surface area (Å²) in [5.74, 6) is -2.25. The van der Waals surface area contributed by atoms with Crippen LogP contribution in [-0.4, -0.2) is 81.4 Å². The molecule has 0 radical (unpaired) electrons. The largest absolute Gasteiger partial charge is 0.396 e. The number of rotatable bonds is 13. The molecule has 3 saturated heterocycles. The van der Waals surface area contributed by atoms with Crippen molar-refractivity contribution in [1.82, 2.24) is 9.80 Å². The molecule has 3 fully saturated rings. The quantitative estimate of drug-likeness (QED) is 0.205. The van der Waals surface area contributed by atoms with E-state index in [9.17, 15) is 19.5 Å². The van der Waals surface area contributed by atoms with Crippen LogP contribution < -0.4 is 4.90 Å². The summed E-state index contributed by atoms with van der Waals surface area (Å²) in [5, 5.41) is 9.46. The fourth-order valence-corrected chi connectivity index (χ4v) is 7.87. The number of para-hydroxylation sites is 1. The topological polar surface area (TPSA) is 90.4 Å². The Morgan fingerprint density at radius 2 is 1.69 bits per heavy atom. The molecule has 9 heteroatoms. The molecule has 3 aliphatic rings. The minimum absolute atomic E-state index is 0.0113. The maximum absolute atomic E-state index is 14.5. The van der Waals surface area contributed by atoms with Gasteiger partial charge in [0.1, 0.15) is 11.6 Å². The number of fused-ring (bicyclic) bond motifs is 1. The average Bonchev–Trinajstić information content (AvgIpc) is 3.59. The number of anilines is 1. The zero-order valence-electron chi connectivity index (χ0n) is 23.7. The number of benzene rings is 2. The smallest absolute Gasteiger partial charge is 0.248 e. The van der Waals surface area contributed by atoms with Gasteiger partial charge in [0, 0.05) is 43.3 Å². The molecule has 1 spiro atoms. The van der Waals surface area contributed by atoms with Crippen LogP contribution in [0, 0.1) is 11.8 Å². The molecule has 3 unspecified atom stereocenters. The molecule has 2 bridgehead atoms. The van der Waals surface area contributed by atoms with Crippen LogP contribution in [-0.2, 0) is 25.7 Å². The third kappa shape index (κ3) is 5.34. The number of carbonyl (C=O) groups excluding carboxylic acids is 3. The predicted octanol–water partition coefficient (Wildman–Crippen LogP) is 3.94. The lowest BCUT2D eigenvalue weighted by Gasteiger charge is -2.37. The number of ether oxygens (including phenoxy) is 1. The molecule has 8 nitrogen and oxygen atoms in total. The minimum Gasteiger partial charge on any atom is -0.396 e. The summed E-state index contributed by atoms with van der Waals surface area (Å²) in [6.07, 6.45) is 4.26. The fourth-order valence-electron chi connectivity index (χ4n) is 6.93. The molecule has 0 aliphatic carbocycles. The number of aliphatic hydroxyl groups is 1. The SMILES string of the molecule is C=CCN(Cc1ccccc1)C(=O)C1N(CCCCO)C(=O)[C@@H]2[C@@H](C(=O)N(CC=C)c3ccccc3)[C@@H]3OC12CC3Br. The van der Waals surface area contributed by atoms with Gasteiger partial charge >= 0.3 is 0 Å². The monoisotopic (exact) mass is 635 g/mol. The third-order valence-electron chi connectivity index (χ3n) is 8.64. The van der Waals surface area contributed by atoms with Gasteiger partial charge in [0.05, 0.1) is 17.9 Å². The number of likely N-dealkylation sites (tertiary alicyclic amines) is 1. The van der Waals surface area contributed by atoms with E-state index in [1.54, 1.807) is 26.9 Å². The van der Waals surface area contributed by atoms with Gasteiger partial charge in [0.25, 0.3) is 0 Å². The second-order valence-electron chi connectivity index (χ2n) is 11.2. The number of carbonyl (C=O) groups is 3. The molecule has 2 aromatic carbocycles.